The fourth-order valence-electron chi connectivity index (χ4n) is 2.88. The summed E-state index contributed by atoms with van der Waals surface area (Å²) in [6.07, 6.45) is 0. The third kappa shape index (κ3) is 3.58. The van der Waals surface area contributed by atoms with Crippen LogP contribution in [0.3, 0.4) is 0 Å². The summed E-state index contributed by atoms with van der Waals surface area (Å²) >= 11 is 0. The predicted molar refractivity (Wildman–Crippen MR) is 96.2 cm³/mol. The summed E-state index contributed by atoms with van der Waals surface area (Å²) in [4.78, 5) is 0. The van der Waals surface area contributed by atoms with E-state index in [1.165, 1.54) is 11.1 Å². The molecule has 0 unspecified atom stereocenters. The van der Waals surface area contributed by atoms with Crippen LogP contribution in [0.15, 0.2) is 78.9 Å². The number of hydrogen-bond donors (Lipinski definition) is 2. The lowest BCUT2D eigenvalue weighted by atomic mass is 9.98. The molecule has 122 valence electrons. The van der Waals surface area contributed by atoms with Gasteiger partial charge in [0.25, 0.3) is 0 Å². The normalized spacial score (nSPS) is 10.8. The molecule has 0 aliphatic carbocycles. The van der Waals surface area contributed by atoms with Crippen molar-refractivity contribution in [2.45, 2.75) is 12.6 Å². The van der Waals surface area contributed by atoms with Gasteiger partial charge in [0.05, 0.1) is 13.2 Å². The number of nitrogens with one attached hydrogen (secondary N) is 1. The van der Waals surface area contributed by atoms with Gasteiger partial charge in [-0.1, -0.05) is 72.8 Å². The highest BCUT2D eigenvalue weighted by Crippen LogP contribution is 2.30. The average molecular weight is 319 g/mol. The minimum absolute atomic E-state index is 0.0689. The van der Waals surface area contributed by atoms with Crippen LogP contribution in [-0.4, -0.2) is 12.2 Å². The number of methoxy groups -OCH3 is 1. The van der Waals surface area contributed by atoms with E-state index in [0.717, 1.165) is 5.56 Å². The standard InChI is InChI=1S/C21H21NO2/c1-24-21-18(13-8-14-19(21)23)15-22-20(16-9-4-2-5-10-16)17-11-6-3-7-12-17/h2-14,20,22-23H,15H2,1H3. The topological polar surface area (TPSA) is 41.5 Å². The Hall–Kier alpha value is -2.78. The van der Waals surface area contributed by atoms with Crippen molar-refractivity contribution in [3.05, 3.63) is 95.6 Å². The van der Waals surface area contributed by atoms with E-state index in [4.69, 9.17) is 4.74 Å². The summed E-state index contributed by atoms with van der Waals surface area (Å²) in [6.45, 7) is 0.589. The van der Waals surface area contributed by atoms with Gasteiger partial charge < -0.3 is 15.2 Å². The summed E-state index contributed by atoms with van der Waals surface area (Å²) in [5.41, 5.74) is 3.32. The number of phenolic OH excluding ortho intramolecular Hbond substituents is 1. The number of phenols is 1. The molecule has 3 heteroatoms. The van der Waals surface area contributed by atoms with Gasteiger partial charge >= 0.3 is 0 Å². The molecule has 0 bridgehead atoms. The number of ether oxygens (including phenoxy) is 1. The fourth-order valence-corrected chi connectivity index (χ4v) is 2.88. The molecule has 0 saturated heterocycles. The molecular weight excluding hydrogens is 298 g/mol. The fraction of sp³-hybridized carbons (Fsp3) is 0.143. The first kappa shape index (κ1) is 16.1. The van der Waals surface area contributed by atoms with Gasteiger partial charge in [-0.3, -0.25) is 0 Å². The Morgan fingerprint density at radius 1 is 0.833 bits per heavy atom. The van der Waals surface area contributed by atoms with E-state index in [1.54, 1.807) is 13.2 Å². The summed E-state index contributed by atoms with van der Waals surface area (Å²) in [6, 6.07) is 26.2. The second-order valence-corrected chi connectivity index (χ2v) is 5.60. The molecule has 0 amide bonds. The molecule has 0 radical (unpaired) electrons. The van der Waals surface area contributed by atoms with Crippen LogP contribution in [0, 0.1) is 0 Å². The molecule has 3 aromatic rings. The van der Waals surface area contributed by atoms with Crippen LogP contribution in [0.2, 0.25) is 0 Å². The van der Waals surface area contributed by atoms with E-state index in [9.17, 15) is 5.11 Å². The van der Waals surface area contributed by atoms with E-state index >= 15 is 0 Å². The van der Waals surface area contributed by atoms with E-state index in [1.807, 2.05) is 48.5 Å². The maximum atomic E-state index is 9.94. The first-order chi connectivity index (χ1) is 11.8. The van der Waals surface area contributed by atoms with Crippen LogP contribution in [0.25, 0.3) is 0 Å². The molecular formula is C21H21NO2. The number of benzene rings is 3. The van der Waals surface area contributed by atoms with E-state index in [0.29, 0.717) is 12.3 Å². The Bertz CT molecular complexity index is 733. The molecule has 3 aromatic carbocycles. The number of para-hydroxylation sites is 1. The molecule has 0 saturated carbocycles. The molecule has 0 aromatic heterocycles. The van der Waals surface area contributed by atoms with Gasteiger partial charge in [-0.25, -0.2) is 0 Å². The highest BCUT2D eigenvalue weighted by molar-refractivity contribution is 5.45. The lowest BCUT2D eigenvalue weighted by Gasteiger charge is -2.21. The first-order valence-corrected chi connectivity index (χ1v) is 7.97. The summed E-state index contributed by atoms with van der Waals surface area (Å²) in [5.74, 6) is 0.678. The van der Waals surface area contributed by atoms with Gasteiger partial charge in [-0.15, -0.1) is 0 Å². The third-order valence-corrected chi connectivity index (χ3v) is 4.04. The molecule has 2 N–H and O–H groups in total. The number of rotatable bonds is 6. The van der Waals surface area contributed by atoms with E-state index in [2.05, 4.69) is 29.6 Å². The lowest BCUT2D eigenvalue weighted by Crippen LogP contribution is -2.22. The van der Waals surface area contributed by atoms with Gasteiger partial charge in [-0.05, 0) is 17.2 Å². The molecule has 0 atom stereocenters. The number of aromatic hydroxyl groups is 1. The molecule has 24 heavy (non-hydrogen) atoms. The Morgan fingerprint density at radius 3 is 1.96 bits per heavy atom. The molecule has 3 rings (SSSR count). The van der Waals surface area contributed by atoms with Crippen LogP contribution in [0.1, 0.15) is 22.7 Å². The van der Waals surface area contributed by atoms with Crippen molar-refractivity contribution in [1.29, 1.82) is 0 Å². The van der Waals surface area contributed by atoms with Crippen LogP contribution in [0.5, 0.6) is 11.5 Å². The number of hydrogen-bond acceptors (Lipinski definition) is 3. The van der Waals surface area contributed by atoms with Crippen molar-refractivity contribution in [2.24, 2.45) is 0 Å². The van der Waals surface area contributed by atoms with Crippen molar-refractivity contribution in [3.8, 4) is 11.5 Å². The average Bonchev–Trinajstić information content (AvgIpc) is 2.64. The van der Waals surface area contributed by atoms with Crippen LogP contribution in [-0.2, 0) is 6.54 Å². The van der Waals surface area contributed by atoms with Crippen LogP contribution >= 0.6 is 0 Å². The molecule has 0 fully saturated rings. The van der Waals surface area contributed by atoms with Gasteiger partial charge in [0.2, 0.25) is 0 Å². The Balaban J connectivity index is 1.87. The molecule has 0 spiro atoms. The van der Waals surface area contributed by atoms with Gasteiger partial charge in [0.15, 0.2) is 11.5 Å². The van der Waals surface area contributed by atoms with E-state index < -0.39 is 0 Å². The second-order valence-electron chi connectivity index (χ2n) is 5.60. The van der Waals surface area contributed by atoms with Crippen LogP contribution in [0.4, 0.5) is 0 Å². The van der Waals surface area contributed by atoms with Gasteiger partial charge in [-0.2, -0.15) is 0 Å². The Kier molecular flexibility index (Phi) is 5.14. The quantitative estimate of drug-likeness (QED) is 0.712. The smallest absolute Gasteiger partial charge is 0.164 e. The van der Waals surface area contributed by atoms with Crippen molar-refractivity contribution in [2.75, 3.05) is 7.11 Å². The lowest BCUT2D eigenvalue weighted by molar-refractivity contribution is 0.367. The van der Waals surface area contributed by atoms with Crippen molar-refractivity contribution >= 4 is 0 Å². The summed E-state index contributed by atoms with van der Waals surface area (Å²) in [7, 11) is 1.57. The highest BCUT2D eigenvalue weighted by Gasteiger charge is 2.15. The Morgan fingerprint density at radius 2 is 1.42 bits per heavy atom. The van der Waals surface area contributed by atoms with Gasteiger partial charge in [0.1, 0.15) is 0 Å². The van der Waals surface area contributed by atoms with Crippen LogP contribution < -0.4 is 10.1 Å². The minimum Gasteiger partial charge on any atom is -0.504 e. The highest BCUT2D eigenvalue weighted by atomic mass is 16.5. The molecule has 0 aliphatic rings. The predicted octanol–water partition coefficient (Wildman–Crippen LogP) is 4.28. The SMILES string of the molecule is COc1c(O)cccc1CNC(c1ccccc1)c1ccccc1. The summed E-state index contributed by atoms with van der Waals surface area (Å²) in [5, 5.41) is 13.5. The van der Waals surface area contributed by atoms with E-state index in [-0.39, 0.29) is 11.8 Å². The molecule has 3 nitrogen and oxygen atoms in total. The molecule has 0 aliphatic heterocycles. The maximum Gasteiger partial charge on any atom is 0.164 e. The summed E-state index contributed by atoms with van der Waals surface area (Å²) < 4.78 is 5.33. The second kappa shape index (κ2) is 7.66. The van der Waals surface area contributed by atoms with Crippen molar-refractivity contribution < 1.29 is 9.84 Å². The maximum absolute atomic E-state index is 9.94. The van der Waals surface area contributed by atoms with Gasteiger partial charge in [0, 0.05) is 12.1 Å². The zero-order valence-electron chi connectivity index (χ0n) is 13.6. The monoisotopic (exact) mass is 319 g/mol. The zero-order chi connectivity index (χ0) is 16.8. The van der Waals surface area contributed by atoms with Crippen molar-refractivity contribution in [3.63, 3.8) is 0 Å². The molecule has 0 heterocycles. The largest absolute Gasteiger partial charge is 0.504 e. The zero-order valence-corrected chi connectivity index (χ0v) is 13.6. The first-order valence-electron chi connectivity index (χ1n) is 7.97. The Labute approximate surface area is 142 Å². The van der Waals surface area contributed by atoms with Crippen molar-refractivity contribution in [1.82, 2.24) is 5.32 Å². The minimum atomic E-state index is 0.0689. The third-order valence-electron chi connectivity index (χ3n) is 4.04.